The van der Waals surface area contributed by atoms with Gasteiger partial charge in [-0.05, 0) is 54.1 Å². The van der Waals surface area contributed by atoms with E-state index in [1.165, 1.54) is 0 Å². The van der Waals surface area contributed by atoms with Gasteiger partial charge in [-0.15, -0.1) is 0 Å². The molecule has 1 atom stereocenters. The van der Waals surface area contributed by atoms with Crippen molar-refractivity contribution in [1.29, 1.82) is 0 Å². The van der Waals surface area contributed by atoms with Crippen LogP contribution in [0.2, 0.25) is 0 Å². The van der Waals surface area contributed by atoms with Gasteiger partial charge in [-0.3, -0.25) is 14.5 Å². The lowest BCUT2D eigenvalue weighted by Crippen LogP contribution is -2.29. The maximum absolute atomic E-state index is 13.5. The van der Waals surface area contributed by atoms with Crippen LogP contribution in [0.4, 0.5) is 5.69 Å². The number of anilines is 1. The van der Waals surface area contributed by atoms with Crippen LogP contribution in [0.3, 0.4) is 0 Å². The summed E-state index contributed by atoms with van der Waals surface area (Å²) in [6.45, 7) is 0. The molecule has 0 bridgehead atoms. The van der Waals surface area contributed by atoms with E-state index >= 15 is 0 Å². The lowest BCUT2D eigenvalue weighted by molar-refractivity contribution is 0.0971. The highest BCUT2D eigenvalue weighted by Crippen LogP contribution is 2.42. The monoisotopic (exact) mass is 587 g/mol. The minimum absolute atomic E-state index is 0.0858. The number of carbonyl (C=O) groups is 1. The Kier molecular flexibility index (Phi) is 4.92. The van der Waals surface area contributed by atoms with Gasteiger partial charge in [-0.2, -0.15) is 0 Å². The highest BCUT2D eigenvalue weighted by molar-refractivity contribution is 9.11. The first-order chi connectivity index (χ1) is 14.4. The van der Waals surface area contributed by atoms with Crippen molar-refractivity contribution in [3.8, 4) is 0 Å². The Labute approximate surface area is 196 Å². The number of fused-ring (bicyclic) bond motifs is 2. The molecule has 1 aliphatic rings. The lowest BCUT2D eigenvalue weighted by Gasteiger charge is -2.25. The van der Waals surface area contributed by atoms with Crippen molar-refractivity contribution in [1.82, 2.24) is 0 Å². The zero-order valence-electron chi connectivity index (χ0n) is 15.2. The number of hydrogen-bond donors (Lipinski definition) is 0. The van der Waals surface area contributed by atoms with Crippen molar-refractivity contribution < 1.29 is 9.21 Å². The summed E-state index contributed by atoms with van der Waals surface area (Å²) >= 11 is 10.3. The second-order valence-electron chi connectivity index (χ2n) is 6.92. The van der Waals surface area contributed by atoms with E-state index in [4.69, 9.17) is 4.42 Å². The zero-order chi connectivity index (χ0) is 21.0. The summed E-state index contributed by atoms with van der Waals surface area (Å²) in [7, 11) is 0. The zero-order valence-corrected chi connectivity index (χ0v) is 20.0. The molecule has 148 valence electrons. The summed E-state index contributed by atoms with van der Waals surface area (Å²) in [4.78, 5) is 28.6. The van der Waals surface area contributed by atoms with Gasteiger partial charge in [0, 0.05) is 19.1 Å². The van der Waals surface area contributed by atoms with Crippen LogP contribution in [0.15, 0.2) is 89.4 Å². The Morgan fingerprint density at radius 1 is 0.800 bits per heavy atom. The third-order valence-electron chi connectivity index (χ3n) is 5.10. The van der Waals surface area contributed by atoms with Crippen LogP contribution in [0.25, 0.3) is 11.0 Å². The first-order valence-electron chi connectivity index (χ1n) is 9.05. The fourth-order valence-electron chi connectivity index (χ4n) is 3.80. The molecule has 0 saturated carbocycles. The summed E-state index contributed by atoms with van der Waals surface area (Å²) in [5, 5.41) is 0.439. The summed E-state index contributed by atoms with van der Waals surface area (Å²) < 4.78 is 8.51. The van der Waals surface area contributed by atoms with Crippen molar-refractivity contribution in [2.75, 3.05) is 4.90 Å². The van der Waals surface area contributed by atoms with Crippen LogP contribution >= 0.6 is 47.8 Å². The molecule has 0 fully saturated rings. The van der Waals surface area contributed by atoms with Crippen LogP contribution in [-0.2, 0) is 0 Å². The molecule has 1 unspecified atom stereocenters. The van der Waals surface area contributed by atoms with Gasteiger partial charge < -0.3 is 4.42 Å². The average Bonchev–Trinajstić information content (AvgIpc) is 3.02. The smallest absolute Gasteiger partial charge is 0.295 e. The van der Waals surface area contributed by atoms with Crippen LogP contribution in [0.1, 0.15) is 27.7 Å². The summed E-state index contributed by atoms with van der Waals surface area (Å²) in [6.07, 6.45) is 0. The molecule has 1 aromatic heterocycles. The molecular formula is C23H12Br3NO3. The summed E-state index contributed by atoms with van der Waals surface area (Å²) in [5.41, 5.74) is 2.05. The van der Waals surface area contributed by atoms with Crippen molar-refractivity contribution >= 4 is 70.4 Å². The van der Waals surface area contributed by atoms with Crippen LogP contribution in [0.5, 0.6) is 0 Å². The van der Waals surface area contributed by atoms with Gasteiger partial charge in [-0.25, -0.2) is 0 Å². The quantitative estimate of drug-likeness (QED) is 0.257. The minimum atomic E-state index is -0.588. The second kappa shape index (κ2) is 7.48. The third-order valence-corrected chi connectivity index (χ3v) is 6.62. The highest BCUT2D eigenvalue weighted by atomic mass is 79.9. The number of carbonyl (C=O) groups excluding carboxylic acids is 1. The molecule has 1 amide bonds. The Morgan fingerprint density at radius 2 is 1.50 bits per heavy atom. The fourth-order valence-corrected chi connectivity index (χ4v) is 4.81. The number of hydrogen-bond acceptors (Lipinski definition) is 3. The molecule has 4 nitrogen and oxygen atoms in total. The third kappa shape index (κ3) is 3.16. The van der Waals surface area contributed by atoms with Gasteiger partial charge >= 0.3 is 0 Å². The van der Waals surface area contributed by atoms with Crippen molar-refractivity contribution in [2.45, 2.75) is 6.04 Å². The van der Waals surface area contributed by atoms with E-state index in [2.05, 4.69) is 47.8 Å². The molecule has 0 spiro atoms. The highest BCUT2D eigenvalue weighted by Gasteiger charge is 2.43. The number of amides is 1. The Morgan fingerprint density at radius 3 is 2.23 bits per heavy atom. The van der Waals surface area contributed by atoms with Gasteiger partial charge in [0.05, 0.1) is 17.0 Å². The van der Waals surface area contributed by atoms with Crippen molar-refractivity contribution in [3.63, 3.8) is 0 Å². The maximum Gasteiger partial charge on any atom is 0.295 e. The molecule has 0 radical (unpaired) electrons. The average molecular weight is 590 g/mol. The van der Waals surface area contributed by atoms with E-state index < -0.39 is 6.04 Å². The molecule has 3 aromatic carbocycles. The summed E-state index contributed by atoms with van der Waals surface area (Å²) in [5.74, 6) is -0.249. The molecule has 1 aliphatic heterocycles. The summed E-state index contributed by atoms with van der Waals surface area (Å²) in [6, 6.07) is 19.7. The normalized spacial score (nSPS) is 15.6. The number of rotatable bonds is 2. The fraction of sp³-hybridized carbons (Fsp3) is 0.0435. The van der Waals surface area contributed by atoms with Crippen LogP contribution < -0.4 is 10.3 Å². The molecule has 7 heteroatoms. The first kappa shape index (κ1) is 19.7. The molecule has 0 N–H and O–H groups in total. The van der Waals surface area contributed by atoms with Gasteiger partial charge in [0.25, 0.3) is 5.91 Å². The molecular weight excluding hydrogens is 578 g/mol. The molecule has 30 heavy (non-hydrogen) atoms. The molecule has 5 rings (SSSR count). The van der Waals surface area contributed by atoms with E-state index in [9.17, 15) is 9.59 Å². The van der Waals surface area contributed by atoms with Crippen molar-refractivity contribution in [2.24, 2.45) is 0 Å². The van der Waals surface area contributed by atoms with E-state index in [0.717, 1.165) is 19.0 Å². The second-order valence-corrected chi connectivity index (χ2v) is 9.67. The topological polar surface area (TPSA) is 50.5 Å². The predicted molar refractivity (Wildman–Crippen MR) is 127 cm³/mol. The van der Waals surface area contributed by atoms with E-state index in [-0.39, 0.29) is 17.1 Å². The lowest BCUT2D eigenvalue weighted by atomic mass is 9.98. The largest absolute Gasteiger partial charge is 0.450 e. The first-order valence-corrected chi connectivity index (χ1v) is 11.4. The number of halogens is 3. The SMILES string of the molecule is O=C1c2oc3ccc(Br)cc3c(=O)c2C(c2ccc(Br)cc2)N1c1cccc(Br)c1. The van der Waals surface area contributed by atoms with E-state index in [0.29, 0.717) is 22.2 Å². The van der Waals surface area contributed by atoms with E-state index in [1.54, 1.807) is 23.1 Å². The van der Waals surface area contributed by atoms with Crippen LogP contribution in [0, 0.1) is 0 Å². The Bertz CT molecular complexity index is 1380. The van der Waals surface area contributed by atoms with Gasteiger partial charge in [0.1, 0.15) is 5.58 Å². The predicted octanol–water partition coefficient (Wildman–Crippen LogP) is 6.83. The van der Waals surface area contributed by atoms with Crippen molar-refractivity contribution in [3.05, 3.63) is 107 Å². The molecule has 0 aliphatic carbocycles. The van der Waals surface area contributed by atoms with Gasteiger partial charge in [0.2, 0.25) is 5.76 Å². The van der Waals surface area contributed by atoms with Crippen LogP contribution in [-0.4, -0.2) is 5.91 Å². The minimum Gasteiger partial charge on any atom is -0.450 e. The number of benzene rings is 3. The standard InChI is InChI=1S/C23H12Br3NO3/c24-13-6-4-12(5-7-13)20-19-21(28)17-11-15(26)8-9-18(17)30-22(19)23(29)27(20)16-3-1-2-14(25)10-16/h1-11,20H. The maximum atomic E-state index is 13.5. The molecule has 4 aromatic rings. The Hall–Kier alpha value is -2.22. The number of nitrogens with zero attached hydrogens (tertiary/aromatic N) is 1. The van der Waals surface area contributed by atoms with Gasteiger partial charge in [0.15, 0.2) is 5.43 Å². The molecule has 2 heterocycles. The van der Waals surface area contributed by atoms with E-state index in [1.807, 2.05) is 48.5 Å². The molecule has 0 saturated heterocycles. The Balaban J connectivity index is 1.83. The van der Waals surface area contributed by atoms with Gasteiger partial charge in [-0.1, -0.05) is 66.0 Å².